The van der Waals surface area contributed by atoms with Crippen molar-refractivity contribution in [2.24, 2.45) is 7.05 Å². The Morgan fingerprint density at radius 2 is 1.95 bits per heavy atom. The first-order valence-corrected chi connectivity index (χ1v) is 15.0. The molecule has 1 aromatic carbocycles. The summed E-state index contributed by atoms with van der Waals surface area (Å²) in [6.45, 7) is 3.71. The summed E-state index contributed by atoms with van der Waals surface area (Å²) in [6.07, 6.45) is 4.75. The van der Waals surface area contributed by atoms with Gasteiger partial charge in [-0.25, -0.2) is 18.4 Å². The molecular formula is C26H33N7O4S2. The molecule has 39 heavy (non-hydrogen) atoms. The predicted octanol–water partition coefficient (Wildman–Crippen LogP) is 2.70. The minimum absolute atomic E-state index is 0.0700. The number of nitrogens with one attached hydrogen (secondary N) is 2. The molecule has 13 heteroatoms. The van der Waals surface area contributed by atoms with Gasteiger partial charge in [-0.1, -0.05) is 0 Å². The molecule has 11 nitrogen and oxygen atoms in total. The van der Waals surface area contributed by atoms with Gasteiger partial charge < -0.3 is 25.4 Å². The van der Waals surface area contributed by atoms with Crippen molar-refractivity contribution >= 4 is 44.4 Å². The number of benzene rings is 1. The zero-order valence-corrected chi connectivity index (χ0v) is 23.6. The number of nitrogens with zero attached hydrogens (tertiary/aromatic N) is 5. The third-order valence-electron chi connectivity index (χ3n) is 7.08. The Kier molecular flexibility index (Phi) is 7.85. The Bertz CT molecular complexity index is 1440. The van der Waals surface area contributed by atoms with Crippen LogP contribution in [0.1, 0.15) is 31.9 Å². The standard InChI is InChI=1S/C26H33N7O4S2/c1-18-17-37-12-10-33(18)23-14-22(26(8-9-26)39(35,36)13-3-11-34)30-24(31-23)19-4-6-20(7-5-19)28-25(38)29-21-15-27-32(2)16-21/h4-7,14-16,18,34H,3,8-13,17H2,1-2H3,(H2,28,29,38)/t18-/m0/s1. The van der Waals surface area contributed by atoms with Crippen LogP contribution in [-0.2, 0) is 26.4 Å². The van der Waals surface area contributed by atoms with E-state index in [1.807, 2.05) is 43.6 Å². The molecule has 3 heterocycles. The van der Waals surface area contributed by atoms with Gasteiger partial charge in [0.15, 0.2) is 20.8 Å². The van der Waals surface area contributed by atoms with E-state index in [2.05, 4.69) is 27.6 Å². The largest absolute Gasteiger partial charge is 0.396 e. The van der Waals surface area contributed by atoms with Gasteiger partial charge in [-0.2, -0.15) is 5.10 Å². The maximum Gasteiger partial charge on any atom is 0.175 e. The van der Waals surface area contributed by atoms with Gasteiger partial charge in [-0.3, -0.25) is 4.68 Å². The smallest absolute Gasteiger partial charge is 0.175 e. The molecule has 1 atom stereocenters. The Balaban J connectivity index is 1.44. The lowest BCUT2D eigenvalue weighted by Crippen LogP contribution is -2.44. The van der Waals surface area contributed by atoms with Crippen LogP contribution in [0.3, 0.4) is 0 Å². The number of aryl methyl sites for hydroxylation is 1. The van der Waals surface area contributed by atoms with Crippen molar-refractivity contribution < 1.29 is 18.3 Å². The topological polar surface area (TPSA) is 134 Å². The number of ether oxygens (including phenoxy) is 1. The number of aliphatic hydroxyl groups excluding tert-OH is 1. The zero-order valence-electron chi connectivity index (χ0n) is 22.0. The Morgan fingerprint density at radius 1 is 1.21 bits per heavy atom. The molecular weight excluding hydrogens is 538 g/mol. The lowest BCUT2D eigenvalue weighted by atomic mass is 10.1. The Morgan fingerprint density at radius 3 is 2.59 bits per heavy atom. The Hall–Kier alpha value is -3.13. The summed E-state index contributed by atoms with van der Waals surface area (Å²) in [5.74, 6) is 1.09. The van der Waals surface area contributed by atoms with Crippen LogP contribution < -0.4 is 15.5 Å². The summed E-state index contributed by atoms with van der Waals surface area (Å²) in [6, 6.07) is 9.46. The second-order valence-corrected chi connectivity index (χ2v) is 12.8. The van der Waals surface area contributed by atoms with E-state index in [1.165, 1.54) is 0 Å². The molecule has 2 aliphatic rings. The highest BCUT2D eigenvalue weighted by molar-refractivity contribution is 7.92. The molecule has 0 radical (unpaired) electrons. The van der Waals surface area contributed by atoms with Crippen LogP contribution in [0.15, 0.2) is 42.7 Å². The molecule has 2 aromatic heterocycles. The van der Waals surface area contributed by atoms with Gasteiger partial charge in [0.25, 0.3) is 0 Å². The lowest BCUT2D eigenvalue weighted by molar-refractivity contribution is 0.0985. The van der Waals surface area contributed by atoms with Gasteiger partial charge in [0, 0.05) is 43.7 Å². The van der Waals surface area contributed by atoms with Gasteiger partial charge in [-0.15, -0.1) is 0 Å². The number of hydrogen-bond acceptors (Lipinski definition) is 9. The minimum atomic E-state index is -3.50. The number of aromatic nitrogens is 4. The van der Waals surface area contributed by atoms with Crippen LogP contribution in [-0.4, -0.2) is 76.5 Å². The van der Waals surface area contributed by atoms with Crippen LogP contribution in [0.2, 0.25) is 0 Å². The number of sulfone groups is 1. The molecule has 0 spiro atoms. The van der Waals surface area contributed by atoms with Crippen LogP contribution in [0.25, 0.3) is 11.4 Å². The van der Waals surface area contributed by atoms with Gasteiger partial charge in [-0.05, 0) is 62.7 Å². The first-order chi connectivity index (χ1) is 18.7. The molecule has 0 unspecified atom stereocenters. The van der Waals surface area contributed by atoms with E-state index < -0.39 is 14.6 Å². The number of aliphatic hydroxyl groups is 1. The quantitative estimate of drug-likeness (QED) is 0.327. The normalized spacial score (nSPS) is 18.5. The van der Waals surface area contributed by atoms with E-state index in [4.69, 9.17) is 26.9 Å². The number of hydrogen-bond donors (Lipinski definition) is 3. The highest BCUT2D eigenvalue weighted by Gasteiger charge is 2.56. The maximum absolute atomic E-state index is 13.3. The van der Waals surface area contributed by atoms with Crippen molar-refractivity contribution in [1.82, 2.24) is 19.7 Å². The van der Waals surface area contributed by atoms with Gasteiger partial charge in [0.05, 0.1) is 42.6 Å². The average molecular weight is 572 g/mol. The number of rotatable bonds is 9. The molecule has 1 aliphatic carbocycles. The fourth-order valence-corrected chi connectivity index (χ4v) is 7.07. The molecule has 0 amide bonds. The predicted molar refractivity (Wildman–Crippen MR) is 155 cm³/mol. The molecule has 208 valence electrons. The van der Waals surface area contributed by atoms with Gasteiger partial charge in [0.2, 0.25) is 0 Å². The van der Waals surface area contributed by atoms with E-state index in [1.54, 1.807) is 10.9 Å². The van der Waals surface area contributed by atoms with Crippen molar-refractivity contribution in [2.75, 3.05) is 47.7 Å². The van der Waals surface area contributed by atoms with E-state index in [0.717, 1.165) is 16.9 Å². The first kappa shape index (κ1) is 27.4. The summed E-state index contributed by atoms with van der Waals surface area (Å²) < 4.78 is 32.9. The van der Waals surface area contributed by atoms with Gasteiger partial charge in [0.1, 0.15) is 10.6 Å². The first-order valence-electron chi connectivity index (χ1n) is 12.9. The fourth-order valence-electron chi connectivity index (χ4n) is 4.78. The van der Waals surface area contributed by atoms with Gasteiger partial charge >= 0.3 is 0 Å². The summed E-state index contributed by atoms with van der Waals surface area (Å²) in [5.41, 5.74) is 2.84. The SMILES string of the molecule is C[C@H]1COCCN1c1cc(C2(S(=O)(=O)CCCO)CC2)nc(-c2ccc(NC(=S)Nc3cnn(C)c3)cc2)n1. The van der Waals surface area contributed by atoms with Crippen LogP contribution >= 0.6 is 12.2 Å². The third kappa shape index (κ3) is 5.91. The fraction of sp³-hybridized carbons (Fsp3) is 0.462. The molecule has 1 saturated carbocycles. The number of morpholine rings is 1. The summed E-state index contributed by atoms with van der Waals surface area (Å²) >= 11 is 5.41. The van der Waals surface area contributed by atoms with E-state index in [9.17, 15) is 13.5 Å². The Labute approximate surface area is 233 Å². The van der Waals surface area contributed by atoms with E-state index in [-0.39, 0.29) is 24.8 Å². The third-order valence-corrected chi connectivity index (χ3v) is 9.91. The maximum atomic E-state index is 13.3. The molecule has 5 rings (SSSR count). The van der Waals surface area contributed by atoms with Crippen molar-refractivity contribution in [2.45, 2.75) is 37.0 Å². The highest BCUT2D eigenvalue weighted by Crippen LogP contribution is 2.53. The molecule has 2 fully saturated rings. The number of thiocarbonyl (C=S) groups is 1. The van der Waals surface area contributed by atoms with Crippen molar-refractivity contribution in [3.63, 3.8) is 0 Å². The number of anilines is 3. The summed E-state index contributed by atoms with van der Waals surface area (Å²) in [4.78, 5) is 11.8. The van der Waals surface area contributed by atoms with E-state index >= 15 is 0 Å². The molecule has 1 aliphatic heterocycles. The molecule has 1 saturated heterocycles. The zero-order chi connectivity index (χ0) is 27.6. The summed E-state index contributed by atoms with van der Waals surface area (Å²) in [7, 11) is -1.67. The minimum Gasteiger partial charge on any atom is -0.396 e. The van der Waals surface area contributed by atoms with Crippen LogP contribution in [0, 0.1) is 0 Å². The summed E-state index contributed by atoms with van der Waals surface area (Å²) in [5, 5.41) is 20.0. The second-order valence-electron chi connectivity index (χ2n) is 10.0. The van der Waals surface area contributed by atoms with Crippen LogP contribution in [0.4, 0.5) is 17.2 Å². The lowest BCUT2D eigenvalue weighted by Gasteiger charge is -2.34. The van der Waals surface area contributed by atoms with E-state index in [0.29, 0.717) is 55.0 Å². The monoisotopic (exact) mass is 571 g/mol. The molecule has 3 N–H and O–H groups in total. The van der Waals surface area contributed by atoms with Crippen molar-refractivity contribution in [3.05, 3.63) is 48.4 Å². The molecule has 0 bridgehead atoms. The van der Waals surface area contributed by atoms with Crippen molar-refractivity contribution in [3.8, 4) is 11.4 Å². The second kappa shape index (κ2) is 11.2. The molecule has 3 aromatic rings. The van der Waals surface area contributed by atoms with Crippen LogP contribution in [0.5, 0.6) is 0 Å². The average Bonchev–Trinajstić information content (AvgIpc) is 3.65. The highest BCUT2D eigenvalue weighted by atomic mass is 32.2. The van der Waals surface area contributed by atoms with Crippen molar-refractivity contribution in [1.29, 1.82) is 0 Å².